The van der Waals surface area contributed by atoms with E-state index in [0.29, 0.717) is 26.6 Å². The van der Waals surface area contributed by atoms with Crippen molar-refractivity contribution in [3.05, 3.63) is 93.3 Å². The van der Waals surface area contributed by atoms with Gasteiger partial charge in [-0.25, -0.2) is 9.07 Å². The molecule has 11 heteroatoms. The fourth-order valence-electron chi connectivity index (χ4n) is 3.12. The number of rotatable bonds is 4. The van der Waals surface area contributed by atoms with Gasteiger partial charge in [0.2, 0.25) is 0 Å². The van der Waals surface area contributed by atoms with Crippen LogP contribution in [0.2, 0.25) is 15.1 Å². The zero-order valence-corrected chi connectivity index (χ0v) is 19.3. The van der Waals surface area contributed by atoms with Crippen LogP contribution in [0.3, 0.4) is 0 Å². The van der Waals surface area contributed by atoms with Gasteiger partial charge in [-0.1, -0.05) is 34.8 Å². The molecule has 3 amide bonds. The third-order valence-electron chi connectivity index (χ3n) is 4.70. The summed E-state index contributed by atoms with van der Waals surface area (Å²) >= 11 is 18.0. The van der Waals surface area contributed by atoms with E-state index in [1.54, 1.807) is 24.3 Å². The summed E-state index contributed by atoms with van der Waals surface area (Å²) in [6.45, 7) is 0. The minimum absolute atomic E-state index is 0.0197. The summed E-state index contributed by atoms with van der Waals surface area (Å²) in [7, 11) is 0. The van der Waals surface area contributed by atoms with Gasteiger partial charge in [-0.15, -0.1) is 0 Å². The molecule has 0 fully saturated rings. The Balaban J connectivity index is 1.62. The number of benzene rings is 3. The normalized spacial score (nSPS) is 10.7. The van der Waals surface area contributed by atoms with Crippen LogP contribution in [0.5, 0.6) is 0 Å². The van der Waals surface area contributed by atoms with Crippen molar-refractivity contribution in [1.82, 2.24) is 4.68 Å². The standard InChI is InChI=1S/C23H14Cl3FN4O3/c24-13-1-8-19-12(9-13)10-20(21(32)29-16-6-7-17(25)18(26)11-16)31(19)30-23(34)22(33)28-15-4-2-14(27)3-5-15/h1-11H,(H,28,33)(H,29,32)(H,30,34). The molecule has 0 aliphatic rings. The number of anilines is 2. The maximum atomic E-state index is 13.1. The topological polar surface area (TPSA) is 92.2 Å². The zero-order valence-electron chi connectivity index (χ0n) is 17.0. The van der Waals surface area contributed by atoms with E-state index in [1.807, 2.05) is 0 Å². The third kappa shape index (κ3) is 5.14. The third-order valence-corrected chi connectivity index (χ3v) is 5.67. The number of fused-ring (bicyclic) bond motifs is 1. The number of halogens is 4. The number of nitrogens with one attached hydrogen (secondary N) is 3. The van der Waals surface area contributed by atoms with Gasteiger partial charge < -0.3 is 10.6 Å². The van der Waals surface area contributed by atoms with Gasteiger partial charge in [0.25, 0.3) is 5.91 Å². The van der Waals surface area contributed by atoms with Crippen molar-refractivity contribution in [3.8, 4) is 0 Å². The van der Waals surface area contributed by atoms with Crippen LogP contribution in [-0.4, -0.2) is 22.4 Å². The Labute approximate surface area is 207 Å². The van der Waals surface area contributed by atoms with E-state index in [1.165, 1.54) is 35.0 Å². The molecule has 34 heavy (non-hydrogen) atoms. The lowest BCUT2D eigenvalue weighted by atomic mass is 10.2. The Bertz CT molecular complexity index is 1440. The van der Waals surface area contributed by atoms with Gasteiger partial charge in [-0.2, -0.15) is 0 Å². The molecular weight excluding hydrogens is 506 g/mol. The molecule has 0 atom stereocenters. The van der Waals surface area contributed by atoms with Gasteiger partial charge in [0.05, 0.1) is 15.6 Å². The van der Waals surface area contributed by atoms with E-state index in [4.69, 9.17) is 34.8 Å². The van der Waals surface area contributed by atoms with Crippen molar-refractivity contribution >= 4 is 74.8 Å². The van der Waals surface area contributed by atoms with Crippen LogP contribution in [0, 0.1) is 5.82 Å². The number of carbonyl (C=O) groups excluding carboxylic acids is 3. The highest BCUT2D eigenvalue weighted by Gasteiger charge is 2.21. The summed E-state index contributed by atoms with van der Waals surface area (Å²) in [5.41, 5.74) is 3.45. The van der Waals surface area contributed by atoms with E-state index < -0.39 is 23.5 Å². The molecule has 0 radical (unpaired) electrons. The average Bonchev–Trinajstić information content (AvgIpc) is 3.15. The molecule has 172 valence electrons. The molecule has 0 aliphatic carbocycles. The molecule has 0 bridgehead atoms. The van der Waals surface area contributed by atoms with Crippen LogP contribution >= 0.6 is 34.8 Å². The maximum Gasteiger partial charge on any atom is 0.328 e. The molecule has 0 spiro atoms. The van der Waals surface area contributed by atoms with Gasteiger partial charge in [0, 0.05) is 21.8 Å². The summed E-state index contributed by atoms with van der Waals surface area (Å²) in [6.07, 6.45) is 0. The van der Waals surface area contributed by atoms with Crippen molar-refractivity contribution in [3.63, 3.8) is 0 Å². The lowest BCUT2D eigenvalue weighted by Gasteiger charge is -2.13. The molecule has 3 aromatic carbocycles. The van der Waals surface area contributed by atoms with Gasteiger partial charge in [-0.3, -0.25) is 19.8 Å². The predicted octanol–water partition coefficient (Wildman–Crippen LogP) is 5.70. The van der Waals surface area contributed by atoms with E-state index in [9.17, 15) is 18.8 Å². The van der Waals surface area contributed by atoms with Gasteiger partial charge in [0.1, 0.15) is 11.5 Å². The lowest BCUT2D eigenvalue weighted by Crippen LogP contribution is -2.36. The molecule has 1 aromatic heterocycles. The Hall–Kier alpha value is -3.59. The highest BCUT2D eigenvalue weighted by molar-refractivity contribution is 6.43. The summed E-state index contributed by atoms with van der Waals surface area (Å²) < 4.78 is 14.2. The van der Waals surface area contributed by atoms with E-state index >= 15 is 0 Å². The van der Waals surface area contributed by atoms with E-state index in [-0.39, 0.29) is 16.4 Å². The van der Waals surface area contributed by atoms with Crippen molar-refractivity contribution in [2.24, 2.45) is 0 Å². The van der Waals surface area contributed by atoms with Crippen molar-refractivity contribution in [1.29, 1.82) is 0 Å². The van der Waals surface area contributed by atoms with Gasteiger partial charge >= 0.3 is 11.8 Å². The van der Waals surface area contributed by atoms with Gasteiger partial charge in [0.15, 0.2) is 0 Å². The second-order valence-electron chi connectivity index (χ2n) is 7.05. The van der Waals surface area contributed by atoms with Crippen molar-refractivity contribution < 1.29 is 18.8 Å². The van der Waals surface area contributed by atoms with Crippen molar-refractivity contribution in [2.45, 2.75) is 0 Å². The highest BCUT2D eigenvalue weighted by atomic mass is 35.5. The molecule has 3 N–H and O–H groups in total. The fraction of sp³-hybridized carbons (Fsp3) is 0. The number of nitrogens with zero attached hydrogens (tertiary/aromatic N) is 1. The van der Waals surface area contributed by atoms with E-state index in [2.05, 4.69) is 16.1 Å². The molecule has 0 aliphatic heterocycles. The monoisotopic (exact) mass is 518 g/mol. The first kappa shape index (κ1) is 23.6. The largest absolute Gasteiger partial charge is 0.328 e. The Morgan fingerprint density at radius 1 is 0.735 bits per heavy atom. The SMILES string of the molecule is O=C(Nc1ccc(F)cc1)C(=O)Nn1c(C(=O)Nc2ccc(Cl)c(Cl)c2)cc2cc(Cl)ccc21. The lowest BCUT2D eigenvalue weighted by molar-refractivity contribution is -0.133. The molecule has 0 saturated carbocycles. The summed E-state index contributed by atoms with van der Waals surface area (Å²) in [6, 6.07) is 15.7. The zero-order chi connectivity index (χ0) is 24.4. The summed E-state index contributed by atoms with van der Waals surface area (Å²) in [5.74, 6) is -3.15. The Morgan fingerprint density at radius 2 is 1.44 bits per heavy atom. The number of hydrogen-bond acceptors (Lipinski definition) is 3. The second kappa shape index (κ2) is 9.72. The first-order valence-electron chi connectivity index (χ1n) is 9.66. The summed E-state index contributed by atoms with van der Waals surface area (Å²) in [4.78, 5) is 38.0. The molecule has 1 heterocycles. The number of amides is 3. The van der Waals surface area contributed by atoms with Crippen LogP contribution < -0.4 is 16.1 Å². The Kier molecular flexibility index (Phi) is 6.74. The first-order chi connectivity index (χ1) is 16.2. The van der Waals surface area contributed by atoms with Crippen LogP contribution in [0.4, 0.5) is 15.8 Å². The van der Waals surface area contributed by atoms with Crippen LogP contribution in [-0.2, 0) is 9.59 Å². The van der Waals surface area contributed by atoms with Gasteiger partial charge in [-0.05, 0) is 66.7 Å². The second-order valence-corrected chi connectivity index (χ2v) is 8.30. The molecule has 4 aromatic rings. The highest BCUT2D eigenvalue weighted by Crippen LogP contribution is 2.27. The molecule has 4 rings (SSSR count). The molecule has 0 unspecified atom stereocenters. The smallest absolute Gasteiger partial charge is 0.321 e. The minimum Gasteiger partial charge on any atom is -0.321 e. The average molecular weight is 520 g/mol. The summed E-state index contributed by atoms with van der Waals surface area (Å²) in [5, 5.41) is 6.56. The number of carbonyl (C=O) groups is 3. The van der Waals surface area contributed by atoms with Crippen molar-refractivity contribution in [2.75, 3.05) is 16.1 Å². The molecule has 0 saturated heterocycles. The minimum atomic E-state index is -1.06. The van der Waals surface area contributed by atoms with E-state index in [0.717, 1.165) is 12.1 Å². The van der Waals surface area contributed by atoms with Crippen LogP contribution in [0.1, 0.15) is 10.5 Å². The quantitative estimate of drug-likeness (QED) is 0.302. The predicted molar refractivity (Wildman–Crippen MR) is 131 cm³/mol. The van der Waals surface area contributed by atoms with Crippen LogP contribution in [0.25, 0.3) is 10.9 Å². The first-order valence-corrected chi connectivity index (χ1v) is 10.8. The number of hydrogen-bond donors (Lipinski definition) is 3. The Morgan fingerprint density at radius 3 is 2.15 bits per heavy atom. The fourth-order valence-corrected chi connectivity index (χ4v) is 3.59. The maximum absolute atomic E-state index is 13.1. The van der Waals surface area contributed by atoms with Crippen LogP contribution in [0.15, 0.2) is 66.7 Å². The molecule has 7 nitrogen and oxygen atoms in total. The molecular formula is C23H14Cl3FN4O3. The number of aromatic nitrogens is 1.